The fraction of sp³-hybridized carbons (Fsp3) is 0.444. The highest BCUT2D eigenvalue weighted by molar-refractivity contribution is 6.33. The van der Waals surface area contributed by atoms with Gasteiger partial charge >= 0.3 is 0 Å². The number of carbonyl (C=O) groups is 1. The van der Waals surface area contributed by atoms with Crippen molar-refractivity contribution in [3.63, 3.8) is 0 Å². The van der Waals surface area contributed by atoms with Crippen molar-refractivity contribution in [2.45, 2.75) is 0 Å². The van der Waals surface area contributed by atoms with E-state index in [-0.39, 0.29) is 17.7 Å². The summed E-state index contributed by atoms with van der Waals surface area (Å²) in [5, 5.41) is 0.535. The summed E-state index contributed by atoms with van der Waals surface area (Å²) in [5.41, 5.74) is 0. The van der Waals surface area contributed by atoms with Crippen LogP contribution in [0.15, 0.2) is 6.20 Å². The molecule has 7 heteroatoms. The normalized spacial score (nSPS) is 16.8. The molecule has 1 fully saturated rings. The molecule has 2 heterocycles. The zero-order valence-electron chi connectivity index (χ0n) is 8.65. The van der Waals surface area contributed by atoms with Crippen LogP contribution in [0.3, 0.4) is 0 Å². The van der Waals surface area contributed by atoms with Crippen LogP contribution in [-0.4, -0.2) is 47.5 Å². The zero-order valence-corrected chi connectivity index (χ0v) is 10.2. The molecular weight excluding hydrogens is 251 g/mol. The van der Waals surface area contributed by atoms with Crippen molar-refractivity contribution in [3.05, 3.63) is 16.5 Å². The Kier molecular flexibility index (Phi) is 3.16. The number of aromatic nitrogens is 2. The first-order valence-corrected chi connectivity index (χ1v) is 5.50. The second-order valence-electron chi connectivity index (χ2n) is 3.55. The van der Waals surface area contributed by atoms with Crippen LogP contribution in [0, 0.1) is 0 Å². The summed E-state index contributed by atoms with van der Waals surface area (Å²) in [5.74, 6) is 0.556. The van der Waals surface area contributed by atoms with Crippen LogP contribution >= 0.6 is 23.2 Å². The highest BCUT2D eigenvalue weighted by Gasteiger charge is 2.23. The van der Waals surface area contributed by atoms with Crippen molar-refractivity contribution >= 4 is 34.9 Å². The standard InChI is InChI=1S/C9H10Cl2N4O/c1-14-2-3-15(5-7(14)16)8-6(10)4-12-9(11)13-8/h4H,2-3,5H2,1H3. The molecule has 1 aliphatic rings. The lowest BCUT2D eigenvalue weighted by molar-refractivity contribution is -0.129. The summed E-state index contributed by atoms with van der Waals surface area (Å²) in [6.07, 6.45) is 1.44. The molecule has 16 heavy (non-hydrogen) atoms. The molecule has 1 amide bonds. The Morgan fingerprint density at radius 1 is 1.38 bits per heavy atom. The van der Waals surface area contributed by atoms with Crippen molar-refractivity contribution in [3.8, 4) is 0 Å². The van der Waals surface area contributed by atoms with Crippen LogP contribution in [0.5, 0.6) is 0 Å². The number of rotatable bonds is 1. The Morgan fingerprint density at radius 3 is 2.81 bits per heavy atom. The average molecular weight is 261 g/mol. The number of piperazine rings is 1. The number of halogens is 2. The van der Waals surface area contributed by atoms with Gasteiger partial charge in [0.1, 0.15) is 5.02 Å². The van der Waals surface area contributed by atoms with Crippen LogP contribution in [0.25, 0.3) is 0 Å². The van der Waals surface area contributed by atoms with E-state index in [0.717, 1.165) is 0 Å². The van der Waals surface area contributed by atoms with Gasteiger partial charge in [-0.3, -0.25) is 4.79 Å². The lowest BCUT2D eigenvalue weighted by Gasteiger charge is -2.32. The van der Waals surface area contributed by atoms with Gasteiger partial charge in [-0.1, -0.05) is 11.6 Å². The van der Waals surface area contributed by atoms with Crippen LogP contribution in [-0.2, 0) is 4.79 Å². The molecule has 86 valence electrons. The fourth-order valence-electron chi connectivity index (χ4n) is 1.50. The molecule has 5 nitrogen and oxygen atoms in total. The molecule has 0 N–H and O–H groups in total. The monoisotopic (exact) mass is 260 g/mol. The Balaban J connectivity index is 2.24. The third kappa shape index (κ3) is 2.20. The van der Waals surface area contributed by atoms with Gasteiger partial charge in [0.2, 0.25) is 11.2 Å². The van der Waals surface area contributed by atoms with Crippen LogP contribution < -0.4 is 4.90 Å². The van der Waals surface area contributed by atoms with E-state index in [0.29, 0.717) is 23.9 Å². The Hall–Kier alpha value is -1.07. The third-order valence-corrected chi connectivity index (χ3v) is 2.90. The molecule has 0 spiro atoms. The van der Waals surface area contributed by atoms with Gasteiger partial charge in [0, 0.05) is 20.1 Å². The number of nitrogens with zero attached hydrogens (tertiary/aromatic N) is 4. The van der Waals surface area contributed by atoms with Gasteiger partial charge in [-0.2, -0.15) is 4.98 Å². The second-order valence-corrected chi connectivity index (χ2v) is 4.29. The number of hydrogen-bond donors (Lipinski definition) is 0. The first-order chi connectivity index (χ1) is 7.58. The van der Waals surface area contributed by atoms with Gasteiger partial charge in [0.15, 0.2) is 5.82 Å². The van der Waals surface area contributed by atoms with Gasteiger partial charge in [-0.25, -0.2) is 4.98 Å². The Bertz CT molecular complexity index is 426. The van der Waals surface area contributed by atoms with Crippen molar-refractivity contribution in [1.82, 2.24) is 14.9 Å². The SMILES string of the molecule is CN1CCN(c2nc(Cl)ncc2Cl)CC1=O. The number of likely N-dealkylation sites (N-methyl/N-ethyl adjacent to an activating group) is 1. The number of anilines is 1. The molecule has 2 rings (SSSR count). The maximum absolute atomic E-state index is 11.5. The fourth-order valence-corrected chi connectivity index (χ4v) is 1.84. The molecule has 0 bridgehead atoms. The zero-order chi connectivity index (χ0) is 11.7. The summed E-state index contributed by atoms with van der Waals surface area (Å²) >= 11 is 11.7. The molecule has 0 unspecified atom stereocenters. The topological polar surface area (TPSA) is 49.3 Å². The molecule has 0 saturated carbocycles. The van der Waals surface area contributed by atoms with Gasteiger partial charge in [0.25, 0.3) is 0 Å². The lowest BCUT2D eigenvalue weighted by Crippen LogP contribution is -2.49. The molecule has 1 aromatic rings. The minimum atomic E-state index is 0.0389. The molecule has 1 aromatic heterocycles. The summed E-state index contributed by atoms with van der Waals surface area (Å²) in [4.78, 5) is 22.8. The maximum Gasteiger partial charge on any atom is 0.241 e. The molecule has 0 atom stereocenters. The third-order valence-electron chi connectivity index (χ3n) is 2.45. The number of amides is 1. The average Bonchev–Trinajstić information content (AvgIpc) is 2.26. The summed E-state index contributed by atoms with van der Waals surface area (Å²) in [6.45, 7) is 1.61. The number of hydrogen-bond acceptors (Lipinski definition) is 4. The van der Waals surface area contributed by atoms with E-state index in [9.17, 15) is 4.79 Å². The van der Waals surface area contributed by atoms with Crippen molar-refractivity contribution in [1.29, 1.82) is 0 Å². The lowest BCUT2D eigenvalue weighted by atomic mass is 10.3. The Morgan fingerprint density at radius 2 is 2.12 bits per heavy atom. The predicted octanol–water partition coefficient (Wildman–Crippen LogP) is 1.06. The smallest absolute Gasteiger partial charge is 0.241 e. The minimum absolute atomic E-state index is 0.0389. The van der Waals surface area contributed by atoms with E-state index >= 15 is 0 Å². The van der Waals surface area contributed by atoms with Gasteiger partial charge in [0.05, 0.1) is 12.7 Å². The van der Waals surface area contributed by atoms with E-state index in [1.807, 2.05) is 0 Å². The van der Waals surface area contributed by atoms with Gasteiger partial charge in [-0.05, 0) is 11.6 Å². The number of carbonyl (C=O) groups excluding carboxylic acids is 1. The first-order valence-electron chi connectivity index (χ1n) is 4.75. The minimum Gasteiger partial charge on any atom is -0.344 e. The maximum atomic E-state index is 11.5. The largest absolute Gasteiger partial charge is 0.344 e. The highest BCUT2D eigenvalue weighted by atomic mass is 35.5. The van der Waals surface area contributed by atoms with Crippen LogP contribution in [0.4, 0.5) is 5.82 Å². The quantitative estimate of drug-likeness (QED) is 0.709. The first kappa shape index (κ1) is 11.4. The summed E-state index contributed by atoms with van der Waals surface area (Å²) < 4.78 is 0. The molecular formula is C9H10Cl2N4O. The summed E-state index contributed by atoms with van der Waals surface area (Å²) in [6, 6.07) is 0. The van der Waals surface area contributed by atoms with E-state index in [1.54, 1.807) is 16.8 Å². The van der Waals surface area contributed by atoms with Crippen molar-refractivity contribution < 1.29 is 4.79 Å². The van der Waals surface area contributed by atoms with E-state index in [4.69, 9.17) is 23.2 Å². The molecule has 1 saturated heterocycles. The van der Waals surface area contributed by atoms with Crippen LogP contribution in [0.1, 0.15) is 0 Å². The van der Waals surface area contributed by atoms with Crippen LogP contribution in [0.2, 0.25) is 10.3 Å². The molecule has 1 aliphatic heterocycles. The van der Waals surface area contributed by atoms with Gasteiger partial charge in [-0.15, -0.1) is 0 Å². The Labute approximate surface area is 103 Å². The van der Waals surface area contributed by atoms with E-state index in [2.05, 4.69) is 9.97 Å². The second kappa shape index (κ2) is 4.43. The summed E-state index contributed by atoms with van der Waals surface area (Å²) in [7, 11) is 1.77. The molecule has 0 aliphatic carbocycles. The molecule has 0 radical (unpaired) electrons. The van der Waals surface area contributed by atoms with Crippen molar-refractivity contribution in [2.75, 3.05) is 31.6 Å². The van der Waals surface area contributed by atoms with E-state index < -0.39 is 0 Å². The van der Waals surface area contributed by atoms with E-state index in [1.165, 1.54) is 6.20 Å². The van der Waals surface area contributed by atoms with Gasteiger partial charge < -0.3 is 9.80 Å². The van der Waals surface area contributed by atoms with Crippen molar-refractivity contribution in [2.24, 2.45) is 0 Å². The predicted molar refractivity (Wildman–Crippen MR) is 61.9 cm³/mol. The molecule has 0 aromatic carbocycles. The highest BCUT2D eigenvalue weighted by Crippen LogP contribution is 2.24.